The second kappa shape index (κ2) is 3.31. The normalized spacial score (nSPS) is 10.5. The molecule has 0 aliphatic carbocycles. The van der Waals surface area contributed by atoms with E-state index >= 15 is 0 Å². The van der Waals surface area contributed by atoms with Gasteiger partial charge in [0.2, 0.25) is 5.76 Å². The van der Waals surface area contributed by atoms with Gasteiger partial charge in [-0.05, 0) is 19.1 Å². The second-order valence-corrected chi connectivity index (χ2v) is 3.42. The predicted octanol–water partition coefficient (Wildman–Crippen LogP) is 1.88. The number of anilines is 1. The molecule has 0 radical (unpaired) electrons. The number of fused-ring (bicyclic) bond motifs is 1. The average Bonchev–Trinajstić information content (AvgIpc) is 2.55. The predicted molar refractivity (Wildman–Crippen MR) is 59.0 cm³/mol. The lowest BCUT2D eigenvalue weighted by Crippen LogP contribution is -2.11. The van der Waals surface area contributed by atoms with E-state index in [1.165, 1.54) is 0 Å². The van der Waals surface area contributed by atoms with Crippen LogP contribution < -0.4 is 11.1 Å². The Bertz CT molecular complexity index is 529. The number of hydrogen-bond acceptors (Lipinski definition) is 3. The number of nitrogens with two attached hydrogens (primary N) is 1. The van der Waals surface area contributed by atoms with Crippen molar-refractivity contribution in [1.29, 1.82) is 0 Å². The van der Waals surface area contributed by atoms with E-state index in [1.807, 2.05) is 25.1 Å². The molecule has 0 saturated heterocycles. The fraction of sp³-hybridized carbons (Fsp3) is 0.182. The summed E-state index contributed by atoms with van der Waals surface area (Å²) in [6.45, 7) is 1.98. The Morgan fingerprint density at radius 3 is 2.80 bits per heavy atom. The van der Waals surface area contributed by atoms with Crippen molar-refractivity contribution < 1.29 is 9.21 Å². The van der Waals surface area contributed by atoms with Crippen LogP contribution in [0.3, 0.4) is 0 Å². The summed E-state index contributed by atoms with van der Waals surface area (Å²) in [5.74, 6) is -0.383. The number of benzene rings is 1. The lowest BCUT2D eigenvalue weighted by Gasteiger charge is -1.98. The van der Waals surface area contributed by atoms with Crippen molar-refractivity contribution in [3.63, 3.8) is 0 Å². The molecule has 4 nitrogen and oxygen atoms in total. The Labute approximate surface area is 87.1 Å². The maximum Gasteiger partial charge on any atom is 0.286 e. The standard InChI is InChI=1S/C11H12N2O2/c1-6-3-4-8-7(5-6)9(13-2)10(15-8)11(12)14/h3-5,13H,1-2H3,(H2,12,14). The van der Waals surface area contributed by atoms with Crippen LogP contribution >= 0.6 is 0 Å². The van der Waals surface area contributed by atoms with Crippen LogP contribution in [0.5, 0.6) is 0 Å². The first-order valence-electron chi connectivity index (χ1n) is 4.64. The molecule has 78 valence electrons. The first-order chi connectivity index (χ1) is 7.13. The zero-order valence-electron chi connectivity index (χ0n) is 8.63. The van der Waals surface area contributed by atoms with Gasteiger partial charge in [-0.3, -0.25) is 4.79 Å². The Hall–Kier alpha value is -1.97. The number of furan rings is 1. The van der Waals surface area contributed by atoms with Gasteiger partial charge in [-0.25, -0.2) is 0 Å². The van der Waals surface area contributed by atoms with Crippen molar-refractivity contribution in [2.24, 2.45) is 5.73 Å². The van der Waals surface area contributed by atoms with Gasteiger partial charge in [0.15, 0.2) is 0 Å². The summed E-state index contributed by atoms with van der Waals surface area (Å²) in [5, 5.41) is 3.81. The average molecular weight is 204 g/mol. The van der Waals surface area contributed by atoms with E-state index in [4.69, 9.17) is 10.2 Å². The lowest BCUT2D eigenvalue weighted by molar-refractivity contribution is 0.0977. The molecular weight excluding hydrogens is 192 g/mol. The Balaban J connectivity index is 2.79. The third-order valence-corrected chi connectivity index (χ3v) is 2.32. The molecule has 4 heteroatoms. The van der Waals surface area contributed by atoms with Gasteiger partial charge in [-0.15, -0.1) is 0 Å². The minimum absolute atomic E-state index is 0.179. The highest BCUT2D eigenvalue weighted by atomic mass is 16.3. The summed E-state index contributed by atoms with van der Waals surface area (Å²) in [6.07, 6.45) is 0. The SMILES string of the molecule is CNc1c(C(N)=O)oc2ccc(C)cc12. The maximum absolute atomic E-state index is 11.1. The second-order valence-electron chi connectivity index (χ2n) is 3.42. The topological polar surface area (TPSA) is 68.3 Å². The largest absolute Gasteiger partial charge is 0.449 e. The first-order valence-corrected chi connectivity index (χ1v) is 4.64. The fourth-order valence-corrected chi connectivity index (χ4v) is 1.63. The van der Waals surface area contributed by atoms with Gasteiger partial charge in [0.05, 0.1) is 5.69 Å². The van der Waals surface area contributed by atoms with Gasteiger partial charge < -0.3 is 15.5 Å². The molecule has 3 N–H and O–H groups in total. The summed E-state index contributed by atoms with van der Waals surface area (Å²) in [7, 11) is 1.74. The Morgan fingerprint density at radius 2 is 2.20 bits per heavy atom. The van der Waals surface area contributed by atoms with Crippen molar-refractivity contribution in [3.05, 3.63) is 29.5 Å². The molecule has 2 rings (SSSR count). The molecule has 15 heavy (non-hydrogen) atoms. The van der Waals surface area contributed by atoms with Crippen LogP contribution in [0.4, 0.5) is 5.69 Å². The van der Waals surface area contributed by atoms with Crippen molar-refractivity contribution >= 4 is 22.6 Å². The molecule has 1 aromatic carbocycles. The lowest BCUT2D eigenvalue weighted by atomic mass is 10.1. The summed E-state index contributed by atoms with van der Waals surface area (Å²) >= 11 is 0. The molecule has 0 spiro atoms. The molecule has 0 aliphatic heterocycles. The van der Waals surface area contributed by atoms with E-state index in [0.29, 0.717) is 11.3 Å². The smallest absolute Gasteiger partial charge is 0.286 e. The van der Waals surface area contributed by atoms with E-state index in [-0.39, 0.29) is 5.76 Å². The molecule has 1 heterocycles. The molecule has 2 aromatic rings. The van der Waals surface area contributed by atoms with Crippen LogP contribution in [0.15, 0.2) is 22.6 Å². The number of hydrogen-bond donors (Lipinski definition) is 2. The fourth-order valence-electron chi connectivity index (χ4n) is 1.63. The number of carbonyl (C=O) groups is 1. The van der Waals surface area contributed by atoms with Gasteiger partial charge in [0, 0.05) is 12.4 Å². The molecule has 0 atom stereocenters. The quantitative estimate of drug-likeness (QED) is 0.784. The summed E-state index contributed by atoms with van der Waals surface area (Å²) in [6, 6.07) is 5.71. The Morgan fingerprint density at radius 1 is 1.47 bits per heavy atom. The third kappa shape index (κ3) is 1.44. The first kappa shape index (κ1) is 9.58. The molecule has 0 unspecified atom stereocenters. The number of aryl methyl sites for hydroxylation is 1. The van der Waals surface area contributed by atoms with E-state index in [1.54, 1.807) is 7.05 Å². The van der Waals surface area contributed by atoms with E-state index < -0.39 is 5.91 Å². The number of amides is 1. The highest BCUT2D eigenvalue weighted by Gasteiger charge is 2.16. The molecule has 1 aromatic heterocycles. The van der Waals surface area contributed by atoms with Crippen LogP contribution in [-0.4, -0.2) is 13.0 Å². The Kier molecular flexibility index (Phi) is 2.11. The van der Waals surface area contributed by atoms with Gasteiger partial charge in [0.25, 0.3) is 5.91 Å². The van der Waals surface area contributed by atoms with Gasteiger partial charge in [-0.1, -0.05) is 11.6 Å². The van der Waals surface area contributed by atoms with Crippen molar-refractivity contribution in [3.8, 4) is 0 Å². The minimum Gasteiger partial charge on any atom is -0.449 e. The van der Waals surface area contributed by atoms with Crippen LogP contribution in [0.2, 0.25) is 0 Å². The van der Waals surface area contributed by atoms with Crippen molar-refractivity contribution in [1.82, 2.24) is 0 Å². The van der Waals surface area contributed by atoms with Gasteiger partial charge in [-0.2, -0.15) is 0 Å². The van der Waals surface area contributed by atoms with Crippen LogP contribution in [0.1, 0.15) is 16.1 Å². The number of carbonyl (C=O) groups excluding carboxylic acids is 1. The molecule has 0 fully saturated rings. The number of primary amides is 1. The molecule has 0 aliphatic rings. The van der Waals surface area contributed by atoms with E-state index in [9.17, 15) is 4.79 Å². The summed E-state index contributed by atoms with van der Waals surface area (Å²) in [5.41, 5.74) is 7.65. The van der Waals surface area contributed by atoms with E-state index in [0.717, 1.165) is 10.9 Å². The zero-order chi connectivity index (χ0) is 11.0. The highest BCUT2D eigenvalue weighted by Crippen LogP contribution is 2.30. The molecule has 0 saturated carbocycles. The van der Waals surface area contributed by atoms with Crippen LogP contribution in [-0.2, 0) is 0 Å². The van der Waals surface area contributed by atoms with Gasteiger partial charge >= 0.3 is 0 Å². The zero-order valence-corrected chi connectivity index (χ0v) is 8.63. The third-order valence-electron chi connectivity index (χ3n) is 2.32. The summed E-state index contributed by atoms with van der Waals surface area (Å²) in [4.78, 5) is 11.1. The monoisotopic (exact) mass is 204 g/mol. The van der Waals surface area contributed by atoms with E-state index in [2.05, 4.69) is 5.32 Å². The van der Waals surface area contributed by atoms with Crippen LogP contribution in [0, 0.1) is 6.92 Å². The minimum atomic E-state index is -0.562. The molecule has 1 amide bonds. The molecule has 0 bridgehead atoms. The van der Waals surface area contributed by atoms with Crippen LogP contribution in [0.25, 0.3) is 11.0 Å². The van der Waals surface area contributed by atoms with Gasteiger partial charge in [0.1, 0.15) is 5.58 Å². The maximum atomic E-state index is 11.1. The van der Waals surface area contributed by atoms with Crippen molar-refractivity contribution in [2.75, 3.05) is 12.4 Å². The number of nitrogens with one attached hydrogen (secondary N) is 1. The van der Waals surface area contributed by atoms with Crippen molar-refractivity contribution in [2.45, 2.75) is 6.92 Å². The molecular formula is C11H12N2O2. The summed E-state index contributed by atoms with van der Waals surface area (Å²) < 4.78 is 5.37. The number of rotatable bonds is 2. The highest BCUT2D eigenvalue weighted by molar-refractivity contribution is 6.05.